The van der Waals surface area contributed by atoms with E-state index in [9.17, 15) is 0 Å². The molecule has 7 nitrogen and oxygen atoms in total. The van der Waals surface area contributed by atoms with E-state index >= 15 is 0 Å². The van der Waals surface area contributed by atoms with Crippen molar-refractivity contribution in [2.45, 2.75) is 49.1 Å². The number of aromatic nitrogens is 6. The quantitative estimate of drug-likeness (QED) is 0.654. The minimum absolute atomic E-state index is 0.0129. The van der Waals surface area contributed by atoms with E-state index in [4.69, 9.17) is 4.42 Å². The molecule has 2 heterocycles. The summed E-state index contributed by atoms with van der Waals surface area (Å²) < 4.78 is 7.77. The van der Waals surface area contributed by atoms with Crippen molar-refractivity contribution in [1.29, 1.82) is 0 Å². The fourth-order valence-electron chi connectivity index (χ4n) is 2.95. The van der Waals surface area contributed by atoms with E-state index in [1.165, 1.54) is 12.8 Å². The Bertz CT molecular complexity index is 796. The van der Waals surface area contributed by atoms with Crippen LogP contribution >= 0.6 is 11.8 Å². The summed E-state index contributed by atoms with van der Waals surface area (Å²) in [4.78, 5) is 0. The maximum absolute atomic E-state index is 5.82. The molecule has 1 aliphatic carbocycles. The van der Waals surface area contributed by atoms with Crippen LogP contribution < -0.4 is 0 Å². The normalized spacial score (nSPS) is 16.5. The summed E-state index contributed by atoms with van der Waals surface area (Å²) in [6, 6.07) is 10.2. The van der Waals surface area contributed by atoms with Crippen molar-refractivity contribution in [3.05, 3.63) is 36.2 Å². The molecule has 8 heteroatoms. The highest BCUT2D eigenvalue weighted by molar-refractivity contribution is 7.99. The first-order chi connectivity index (χ1) is 11.8. The zero-order chi connectivity index (χ0) is 16.4. The van der Waals surface area contributed by atoms with Gasteiger partial charge in [0.2, 0.25) is 16.9 Å². The molecule has 2 aromatic heterocycles. The fourth-order valence-corrected chi connectivity index (χ4v) is 3.84. The van der Waals surface area contributed by atoms with Gasteiger partial charge in [-0.25, -0.2) is 4.68 Å². The van der Waals surface area contributed by atoms with Crippen molar-refractivity contribution in [3.63, 3.8) is 0 Å². The molecule has 0 bridgehead atoms. The Morgan fingerprint density at radius 1 is 1.12 bits per heavy atom. The Balaban J connectivity index is 1.50. The summed E-state index contributed by atoms with van der Waals surface area (Å²) in [7, 11) is 0. The topological polar surface area (TPSA) is 82.5 Å². The van der Waals surface area contributed by atoms with E-state index in [0.29, 0.717) is 17.8 Å². The molecule has 1 fully saturated rings. The Hall–Kier alpha value is -2.22. The number of hydrogen-bond donors (Lipinski definition) is 0. The molecule has 0 spiro atoms. The van der Waals surface area contributed by atoms with E-state index in [2.05, 4.69) is 25.7 Å². The van der Waals surface area contributed by atoms with Crippen molar-refractivity contribution in [3.8, 4) is 11.5 Å². The van der Waals surface area contributed by atoms with Gasteiger partial charge in [0.15, 0.2) is 0 Å². The van der Waals surface area contributed by atoms with E-state index in [1.807, 2.05) is 41.9 Å². The summed E-state index contributed by atoms with van der Waals surface area (Å²) in [5.41, 5.74) is 0.921. The molecule has 3 aromatic rings. The minimum Gasteiger partial charge on any atom is -0.419 e. The molecule has 4 rings (SSSR count). The molecular weight excluding hydrogens is 324 g/mol. The Labute approximate surface area is 143 Å². The van der Waals surface area contributed by atoms with Crippen LogP contribution in [0.15, 0.2) is 39.9 Å². The highest BCUT2D eigenvalue weighted by Gasteiger charge is 2.24. The van der Waals surface area contributed by atoms with Crippen LogP contribution in [0.4, 0.5) is 0 Å². The highest BCUT2D eigenvalue weighted by atomic mass is 32.2. The number of hydrogen-bond acceptors (Lipinski definition) is 7. The molecule has 0 amide bonds. The number of tetrazole rings is 1. The van der Waals surface area contributed by atoms with Crippen LogP contribution in [0, 0.1) is 0 Å². The smallest absolute Gasteiger partial charge is 0.247 e. The van der Waals surface area contributed by atoms with Crippen LogP contribution in [0.25, 0.3) is 11.5 Å². The number of benzene rings is 1. The van der Waals surface area contributed by atoms with Crippen LogP contribution in [0.2, 0.25) is 0 Å². The molecule has 0 aliphatic heterocycles. The standard InChI is InChI=1S/C16H18N6OS/c1-11(14-17-18-15(23-14)12-7-3-2-4-8-12)24-16-19-20-21-22(16)13-9-5-6-10-13/h2-4,7-8,11,13H,5-6,9-10H2,1H3. The number of thioether (sulfide) groups is 1. The van der Waals surface area contributed by atoms with Gasteiger partial charge in [0.05, 0.1) is 11.3 Å². The van der Waals surface area contributed by atoms with Crippen molar-refractivity contribution in [1.82, 2.24) is 30.4 Å². The predicted octanol–water partition coefficient (Wildman–Crippen LogP) is 3.69. The average Bonchev–Trinajstić information content (AvgIpc) is 3.36. The Morgan fingerprint density at radius 2 is 1.92 bits per heavy atom. The van der Waals surface area contributed by atoms with Crippen LogP contribution in [-0.4, -0.2) is 30.4 Å². The highest BCUT2D eigenvalue weighted by Crippen LogP contribution is 2.37. The summed E-state index contributed by atoms with van der Waals surface area (Å²) in [5.74, 6) is 1.12. The molecule has 1 atom stereocenters. The van der Waals surface area contributed by atoms with Gasteiger partial charge >= 0.3 is 0 Å². The molecule has 0 saturated heterocycles. The van der Waals surface area contributed by atoms with Crippen LogP contribution in [0.3, 0.4) is 0 Å². The first-order valence-electron chi connectivity index (χ1n) is 8.14. The van der Waals surface area contributed by atoms with Gasteiger partial charge in [-0.15, -0.1) is 15.3 Å². The van der Waals surface area contributed by atoms with Gasteiger partial charge < -0.3 is 4.42 Å². The third-order valence-corrected chi connectivity index (χ3v) is 5.26. The SMILES string of the molecule is CC(Sc1nnnn1C1CCCC1)c1nnc(-c2ccccc2)o1. The molecule has 124 valence electrons. The Morgan fingerprint density at radius 3 is 2.71 bits per heavy atom. The summed E-state index contributed by atoms with van der Waals surface area (Å²) in [5, 5.41) is 21.3. The largest absolute Gasteiger partial charge is 0.419 e. The predicted molar refractivity (Wildman–Crippen MR) is 89.3 cm³/mol. The lowest BCUT2D eigenvalue weighted by molar-refractivity contribution is 0.422. The zero-order valence-corrected chi connectivity index (χ0v) is 14.2. The first kappa shape index (κ1) is 15.3. The van der Waals surface area contributed by atoms with Crippen molar-refractivity contribution >= 4 is 11.8 Å². The van der Waals surface area contributed by atoms with E-state index in [1.54, 1.807) is 11.8 Å². The third kappa shape index (κ3) is 3.06. The van der Waals surface area contributed by atoms with E-state index in [-0.39, 0.29) is 5.25 Å². The molecule has 0 N–H and O–H groups in total. The number of nitrogens with zero attached hydrogens (tertiary/aromatic N) is 6. The van der Waals surface area contributed by atoms with Gasteiger partial charge in [-0.3, -0.25) is 0 Å². The lowest BCUT2D eigenvalue weighted by Crippen LogP contribution is -2.08. The second-order valence-electron chi connectivity index (χ2n) is 5.92. The van der Waals surface area contributed by atoms with E-state index in [0.717, 1.165) is 23.6 Å². The first-order valence-corrected chi connectivity index (χ1v) is 9.02. The second-order valence-corrected chi connectivity index (χ2v) is 7.22. The van der Waals surface area contributed by atoms with Gasteiger partial charge in [0.1, 0.15) is 0 Å². The lowest BCUT2D eigenvalue weighted by atomic mass is 10.2. The van der Waals surface area contributed by atoms with Crippen molar-refractivity contribution in [2.75, 3.05) is 0 Å². The van der Waals surface area contributed by atoms with Gasteiger partial charge in [-0.1, -0.05) is 42.8 Å². The second kappa shape index (κ2) is 6.72. The zero-order valence-electron chi connectivity index (χ0n) is 13.4. The molecular formula is C16H18N6OS. The minimum atomic E-state index is -0.0129. The fraction of sp³-hybridized carbons (Fsp3) is 0.438. The number of rotatable bonds is 5. The van der Waals surface area contributed by atoms with Gasteiger partial charge in [0.25, 0.3) is 0 Å². The molecule has 0 radical (unpaired) electrons. The molecule has 1 aromatic carbocycles. The average molecular weight is 342 g/mol. The third-order valence-electron chi connectivity index (χ3n) is 4.22. The Kier molecular flexibility index (Phi) is 4.29. The summed E-state index contributed by atoms with van der Waals surface area (Å²) in [6.45, 7) is 2.03. The summed E-state index contributed by atoms with van der Waals surface area (Å²) >= 11 is 1.56. The van der Waals surface area contributed by atoms with Crippen LogP contribution in [0.1, 0.15) is 49.8 Å². The van der Waals surface area contributed by atoms with Crippen LogP contribution in [-0.2, 0) is 0 Å². The maximum atomic E-state index is 5.82. The van der Waals surface area contributed by atoms with Gasteiger partial charge in [-0.2, -0.15) is 0 Å². The molecule has 24 heavy (non-hydrogen) atoms. The lowest BCUT2D eigenvalue weighted by Gasteiger charge is -2.12. The van der Waals surface area contributed by atoms with Crippen molar-refractivity contribution < 1.29 is 4.42 Å². The van der Waals surface area contributed by atoms with Crippen molar-refractivity contribution in [2.24, 2.45) is 0 Å². The maximum Gasteiger partial charge on any atom is 0.247 e. The van der Waals surface area contributed by atoms with Gasteiger partial charge in [0, 0.05) is 5.56 Å². The molecule has 1 unspecified atom stereocenters. The summed E-state index contributed by atoms with van der Waals surface area (Å²) in [6.07, 6.45) is 4.78. The molecule has 1 saturated carbocycles. The van der Waals surface area contributed by atoms with Crippen LogP contribution in [0.5, 0.6) is 0 Å². The monoisotopic (exact) mass is 342 g/mol. The van der Waals surface area contributed by atoms with E-state index < -0.39 is 0 Å². The van der Waals surface area contributed by atoms with Gasteiger partial charge in [-0.05, 0) is 42.3 Å². The molecule has 1 aliphatic rings.